The molecular formula is C15H22N2O4S. The topological polar surface area (TPSA) is 90.6 Å². The highest BCUT2D eigenvalue weighted by atomic mass is 32.2. The van der Waals surface area contributed by atoms with Crippen molar-refractivity contribution >= 4 is 28.5 Å². The van der Waals surface area contributed by atoms with Crippen LogP contribution in [0.4, 0.5) is 5.69 Å². The van der Waals surface area contributed by atoms with Crippen LogP contribution in [-0.2, 0) is 16.0 Å². The maximum atomic E-state index is 11.9. The van der Waals surface area contributed by atoms with Crippen LogP contribution >= 0.6 is 11.8 Å². The summed E-state index contributed by atoms with van der Waals surface area (Å²) in [6, 6.07) is 3.53. The lowest BCUT2D eigenvalue weighted by Crippen LogP contribution is -2.14. The molecule has 0 bridgehead atoms. The number of benzene rings is 1. The van der Waals surface area contributed by atoms with Gasteiger partial charge >= 0.3 is 0 Å². The summed E-state index contributed by atoms with van der Waals surface area (Å²) in [6.45, 7) is 1.97. The quantitative estimate of drug-likeness (QED) is 0.757. The molecule has 1 aromatic rings. The monoisotopic (exact) mass is 326 g/mol. The standard InChI is InChI=1S/C15H22N2O4S/c1-10(18)22-7-5-15(19)17-12-9-13(20-2)11(4-6-16)8-14(12)21-3/h8-9H,4-7,16H2,1-3H3,(H,17,19). The molecule has 0 atom stereocenters. The number of hydrogen-bond acceptors (Lipinski definition) is 6. The Morgan fingerprint density at radius 2 is 1.91 bits per heavy atom. The number of nitrogens with two attached hydrogens (primary N) is 1. The molecule has 0 saturated heterocycles. The number of thioether (sulfide) groups is 1. The molecule has 0 saturated carbocycles. The van der Waals surface area contributed by atoms with E-state index in [0.29, 0.717) is 35.9 Å². The SMILES string of the molecule is COc1cc(NC(=O)CCSC(C)=O)c(OC)cc1CCN. The van der Waals surface area contributed by atoms with Gasteiger partial charge in [-0.1, -0.05) is 11.8 Å². The Bertz CT molecular complexity index is 535. The van der Waals surface area contributed by atoms with E-state index in [1.54, 1.807) is 13.2 Å². The molecule has 3 N–H and O–H groups in total. The van der Waals surface area contributed by atoms with Gasteiger partial charge in [0.1, 0.15) is 11.5 Å². The molecule has 0 spiro atoms. The van der Waals surface area contributed by atoms with E-state index in [9.17, 15) is 9.59 Å². The van der Waals surface area contributed by atoms with E-state index in [-0.39, 0.29) is 17.4 Å². The molecule has 22 heavy (non-hydrogen) atoms. The van der Waals surface area contributed by atoms with E-state index in [0.717, 1.165) is 17.3 Å². The number of carbonyl (C=O) groups excluding carboxylic acids is 2. The van der Waals surface area contributed by atoms with Crippen LogP contribution in [0.2, 0.25) is 0 Å². The number of carbonyl (C=O) groups is 2. The Hall–Kier alpha value is -1.73. The van der Waals surface area contributed by atoms with E-state index >= 15 is 0 Å². The molecule has 1 amide bonds. The molecule has 0 aliphatic heterocycles. The largest absolute Gasteiger partial charge is 0.496 e. The molecule has 122 valence electrons. The molecule has 0 heterocycles. The minimum Gasteiger partial charge on any atom is -0.496 e. The van der Waals surface area contributed by atoms with Gasteiger partial charge in [0.05, 0.1) is 19.9 Å². The molecule has 0 aliphatic carbocycles. The highest BCUT2D eigenvalue weighted by Crippen LogP contribution is 2.33. The summed E-state index contributed by atoms with van der Waals surface area (Å²) in [7, 11) is 3.10. The fourth-order valence-corrected chi connectivity index (χ4v) is 2.48. The maximum Gasteiger partial charge on any atom is 0.225 e. The normalized spacial score (nSPS) is 10.2. The van der Waals surface area contributed by atoms with Crippen molar-refractivity contribution in [1.29, 1.82) is 0 Å². The second kappa shape index (κ2) is 9.32. The Kier molecular flexibility index (Phi) is 7.76. The highest BCUT2D eigenvalue weighted by molar-refractivity contribution is 8.13. The van der Waals surface area contributed by atoms with Crippen molar-refractivity contribution in [2.24, 2.45) is 5.73 Å². The number of rotatable bonds is 8. The van der Waals surface area contributed by atoms with Gasteiger partial charge in [0.2, 0.25) is 5.91 Å². The van der Waals surface area contributed by atoms with Crippen LogP contribution in [-0.4, -0.2) is 37.5 Å². The van der Waals surface area contributed by atoms with Crippen molar-refractivity contribution in [1.82, 2.24) is 0 Å². The fourth-order valence-electron chi connectivity index (χ4n) is 1.91. The van der Waals surface area contributed by atoms with Gasteiger partial charge in [0.15, 0.2) is 5.12 Å². The number of hydrogen-bond donors (Lipinski definition) is 2. The lowest BCUT2D eigenvalue weighted by molar-refractivity contribution is -0.115. The third-order valence-electron chi connectivity index (χ3n) is 2.92. The third-order valence-corrected chi connectivity index (χ3v) is 3.74. The van der Waals surface area contributed by atoms with E-state index < -0.39 is 0 Å². The van der Waals surface area contributed by atoms with Gasteiger partial charge in [-0.2, -0.15) is 0 Å². The van der Waals surface area contributed by atoms with Crippen molar-refractivity contribution in [3.05, 3.63) is 17.7 Å². The smallest absolute Gasteiger partial charge is 0.225 e. The van der Waals surface area contributed by atoms with Gasteiger partial charge in [0.25, 0.3) is 0 Å². The first kappa shape index (κ1) is 18.3. The zero-order valence-corrected chi connectivity index (χ0v) is 13.9. The molecule has 7 heteroatoms. The summed E-state index contributed by atoms with van der Waals surface area (Å²) in [5.74, 6) is 1.48. The first-order valence-electron chi connectivity index (χ1n) is 6.90. The van der Waals surface area contributed by atoms with Gasteiger partial charge in [-0.3, -0.25) is 9.59 Å². The molecular weight excluding hydrogens is 304 g/mol. The molecule has 1 rings (SSSR count). The Labute approximate surface area is 134 Å². The van der Waals surface area contributed by atoms with Crippen LogP contribution in [0.25, 0.3) is 0 Å². The van der Waals surface area contributed by atoms with Crippen molar-refractivity contribution in [3.63, 3.8) is 0 Å². The Morgan fingerprint density at radius 3 is 2.45 bits per heavy atom. The number of nitrogens with one attached hydrogen (secondary N) is 1. The van der Waals surface area contributed by atoms with Crippen LogP contribution in [0.15, 0.2) is 12.1 Å². The third kappa shape index (κ3) is 5.57. The van der Waals surface area contributed by atoms with Gasteiger partial charge in [-0.25, -0.2) is 0 Å². The summed E-state index contributed by atoms with van der Waals surface area (Å²) in [6.07, 6.45) is 0.906. The van der Waals surface area contributed by atoms with Crippen molar-refractivity contribution in [2.45, 2.75) is 19.8 Å². The summed E-state index contributed by atoms with van der Waals surface area (Å²) in [5, 5.41) is 2.78. The minimum absolute atomic E-state index is 0.00168. The lowest BCUT2D eigenvalue weighted by Gasteiger charge is -2.15. The van der Waals surface area contributed by atoms with E-state index in [4.69, 9.17) is 15.2 Å². The fraction of sp³-hybridized carbons (Fsp3) is 0.467. The highest BCUT2D eigenvalue weighted by Gasteiger charge is 2.13. The first-order valence-corrected chi connectivity index (χ1v) is 7.88. The van der Waals surface area contributed by atoms with Gasteiger partial charge < -0.3 is 20.5 Å². The average Bonchev–Trinajstić information content (AvgIpc) is 2.48. The summed E-state index contributed by atoms with van der Waals surface area (Å²) < 4.78 is 10.6. The Morgan fingerprint density at radius 1 is 1.23 bits per heavy atom. The summed E-state index contributed by atoms with van der Waals surface area (Å²) >= 11 is 1.13. The van der Waals surface area contributed by atoms with Gasteiger partial charge in [-0.15, -0.1) is 0 Å². The molecule has 0 aromatic heterocycles. The van der Waals surface area contributed by atoms with E-state index in [1.807, 2.05) is 6.07 Å². The molecule has 1 aromatic carbocycles. The van der Waals surface area contributed by atoms with Crippen LogP contribution in [0.5, 0.6) is 11.5 Å². The predicted molar refractivity (Wildman–Crippen MR) is 88.7 cm³/mol. The second-order valence-corrected chi connectivity index (χ2v) is 5.81. The first-order chi connectivity index (χ1) is 10.5. The molecule has 0 unspecified atom stereocenters. The van der Waals surface area contributed by atoms with Gasteiger partial charge in [-0.05, 0) is 24.6 Å². The van der Waals surface area contributed by atoms with Crippen molar-refractivity contribution < 1.29 is 19.1 Å². The number of ether oxygens (including phenoxy) is 2. The average molecular weight is 326 g/mol. The van der Waals surface area contributed by atoms with Crippen molar-refractivity contribution in [2.75, 3.05) is 31.8 Å². The van der Waals surface area contributed by atoms with E-state index in [2.05, 4.69) is 5.32 Å². The second-order valence-electron chi connectivity index (χ2n) is 4.54. The van der Waals surface area contributed by atoms with E-state index in [1.165, 1.54) is 14.0 Å². The minimum atomic E-state index is -0.180. The molecule has 6 nitrogen and oxygen atoms in total. The zero-order valence-electron chi connectivity index (χ0n) is 13.1. The predicted octanol–water partition coefficient (Wildman–Crippen LogP) is 1.81. The number of anilines is 1. The lowest BCUT2D eigenvalue weighted by atomic mass is 10.1. The van der Waals surface area contributed by atoms with Crippen LogP contribution < -0.4 is 20.5 Å². The van der Waals surface area contributed by atoms with Gasteiger partial charge in [0, 0.05) is 25.2 Å². The Balaban J connectivity index is 2.84. The van der Waals surface area contributed by atoms with Crippen molar-refractivity contribution in [3.8, 4) is 11.5 Å². The van der Waals surface area contributed by atoms with Crippen LogP contribution in [0.3, 0.4) is 0 Å². The summed E-state index contributed by atoms with van der Waals surface area (Å²) in [4.78, 5) is 22.8. The van der Waals surface area contributed by atoms with Crippen LogP contribution in [0.1, 0.15) is 18.9 Å². The zero-order chi connectivity index (χ0) is 16.5. The maximum absolute atomic E-state index is 11.9. The summed E-state index contributed by atoms with van der Waals surface area (Å²) in [5.41, 5.74) is 7.04. The molecule has 0 fully saturated rings. The van der Waals surface area contributed by atoms with Crippen LogP contribution in [0, 0.1) is 0 Å². The number of methoxy groups -OCH3 is 2. The number of amides is 1. The molecule has 0 aliphatic rings. The molecule has 0 radical (unpaired) electrons.